The van der Waals surface area contributed by atoms with Gasteiger partial charge < -0.3 is 5.11 Å². The molecule has 0 aliphatic heterocycles. The lowest BCUT2D eigenvalue weighted by Gasteiger charge is -2.04. The van der Waals surface area contributed by atoms with Gasteiger partial charge in [0.15, 0.2) is 0 Å². The molecule has 0 radical (unpaired) electrons. The Balaban J connectivity index is 1.91. The summed E-state index contributed by atoms with van der Waals surface area (Å²) in [6.07, 6.45) is 1.85. The Bertz CT molecular complexity index is 585. The van der Waals surface area contributed by atoms with Gasteiger partial charge in [0.25, 0.3) is 0 Å². The van der Waals surface area contributed by atoms with E-state index in [1.54, 1.807) is 0 Å². The minimum Gasteiger partial charge on any atom is -0.475 e. The van der Waals surface area contributed by atoms with Crippen molar-refractivity contribution in [3.05, 3.63) is 71.3 Å². The molecule has 0 bridgehead atoms. The first-order valence-corrected chi connectivity index (χ1v) is 6.53. The summed E-state index contributed by atoms with van der Waals surface area (Å²) in [5, 5.41) is 8.56. The molecule has 3 nitrogen and oxygen atoms in total. The molecule has 0 amide bonds. The van der Waals surface area contributed by atoms with E-state index < -0.39 is 11.8 Å². The largest absolute Gasteiger partial charge is 0.475 e. The Morgan fingerprint density at radius 3 is 1.80 bits per heavy atom. The van der Waals surface area contributed by atoms with Crippen molar-refractivity contribution >= 4 is 11.8 Å². The molecular weight excluding hydrogens is 252 g/mol. The van der Waals surface area contributed by atoms with E-state index in [1.807, 2.05) is 42.5 Å². The maximum atomic E-state index is 11.1. The minimum atomic E-state index is -1.38. The molecule has 1 N–H and O–H groups in total. The number of aliphatic carboxylic acids is 1. The zero-order valence-electron chi connectivity index (χ0n) is 11.1. The maximum Gasteiger partial charge on any atom is 0.372 e. The van der Waals surface area contributed by atoms with E-state index >= 15 is 0 Å². The van der Waals surface area contributed by atoms with Crippen LogP contribution in [0.15, 0.2) is 54.6 Å². The first-order chi connectivity index (χ1) is 9.65. The Kier molecular flexibility index (Phi) is 4.66. The van der Waals surface area contributed by atoms with Crippen molar-refractivity contribution in [1.29, 1.82) is 0 Å². The fraction of sp³-hybridized carbons (Fsp3) is 0.176. The second-order valence-corrected chi connectivity index (χ2v) is 4.71. The van der Waals surface area contributed by atoms with Crippen LogP contribution in [0.5, 0.6) is 0 Å². The number of rotatable bonds is 6. The molecule has 0 saturated heterocycles. The molecule has 0 atom stereocenters. The normalized spacial score (nSPS) is 10.2. The highest BCUT2D eigenvalue weighted by molar-refractivity contribution is 6.33. The first kappa shape index (κ1) is 14.0. The average Bonchev–Trinajstić information content (AvgIpc) is 2.47. The second kappa shape index (κ2) is 6.66. The van der Waals surface area contributed by atoms with Crippen molar-refractivity contribution < 1.29 is 14.7 Å². The summed E-state index contributed by atoms with van der Waals surface area (Å²) in [5.41, 5.74) is 3.21. The number of carbonyl (C=O) groups excluding carboxylic acids is 1. The summed E-state index contributed by atoms with van der Waals surface area (Å²) in [4.78, 5) is 21.6. The standard InChI is InChI=1S/C17H16O3/c18-16(17(19)20)12-15-10-8-14(9-11-15)7-6-13-4-2-1-3-5-13/h1-5,8-11H,6-7,12H2,(H,19,20). The van der Waals surface area contributed by atoms with Crippen LogP contribution in [0.2, 0.25) is 0 Å². The van der Waals surface area contributed by atoms with Gasteiger partial charge in [-0.1, -0.05) is 54.6 Å². The van der Waals surface area contributed by atoms with Gasteiger partial charge in [-0.15, -0.1) is 0 Å². The van der Waals surface area contributed by atoms with Gasteiger partial charge in [-0.05, 0) is 29.5 Å². The molecule has 0 fully saturated rings. The summed E-state index contributed by atoms with van der Waals surface area (Å²) in [6.45, 7) is 0. The molecule has 0 unspecified atom stereocenters. The summed E-state index contributed by atoms with van der Waals surface area (Å²) in [7, 11) is 0. The van der Waals surface area contributed by atoms with Crippen LogP contribution < -0.4 is 0 Å². The third-order valence-corrected chi connectivity index (χ3v) is 3.17. The summed E-state index contributed by atoms with van der Waals surface area (Å²) < 4.78 is 0. The van der Waals surface area contributed by atoms with E-state index in [2.05, 4.69) is 12.1 Å². The molecule has 20 heavy (non-hydrogen) atoms. The Labute approximate surface area is 117 Å². The summed E-state index contributed by atoms with van der Waals surface area (Å²) >= 11 is 0. The number of Topliss-reactive ketones (excluding diaryl/α,β-unsaturated/α-hetero) is 1. The van der Waals surface area contributed by atoms with Crippen LogP contribution in [-0.4, -0.2) is 16.9 Å². The number of carbonyl (C=O) groups is 2. The molecule has 2 aromatic rings. The van der Waals surface area contributed by atoms with Crippen molar-refractivity contribution in [1.82, 2.24) is 0 Å². The number of benzene rings is 2. The van der Waals surface area contributed by atoms with Gasteiger partial charge in [-0.3, -0.25) is 4.79 Å². The lowest BCUT2D eigenvalue weighted by atomic mass is 10.0. The van der Waals surface area contributed by atoms with Crippen LogP contribution in [0.4, 0.5) is 0 Å². The fourth-order valence-electron chi connectivity index (χ4n) is 2.02. The quantitative estimate of drug-likeness (QED) is 0.819. The van der Waals surface area contributed by atoms with Gasteiger partial charge in [0.05, 0.1) is 0 Å². The molecule has 0 heterocycles. The lowest BCUT2D eigenvalue weighted by molar-refractivity contribution is -0.148. The molecule has 0 spiro atoms. The monoisotopic (exact) mass is 268 g/mol. The molecular formula is C17H16O3. The molecule has 102 valence electrons. The number of hydrogen-bond acceptors (Lipinski definition) is 2. The Morgan fingerprint density at radius 2 is 1.25 bits per heavy atom. The van der Waals surface area contributed by atoms with Crippen molar-refractivity contribution in [2.24, 2.45) is 0 Å². The zero-order chi connectivity index (χ0) is 14.4. The molecule has 0 aliphatic carbocycles. The van der Waals surface area contributed by atoms with Gasteiger partial charge in [0, 0.05) is 6.42 Å². The molecule has 0 aliphatic rings. The van der Waals surface area contributed by atoms with E-state index in [0.29, 0.717) is 0 Å². The molecule has 0 saturated carbocycles. The number of carboxylic acids is 1. The SMILES string of the molecule is O=C(O)C(=O)Cc1ccc(CCc2ccccc2)cc1. The molecule has 2 rings (SSSR count). The van der Waals surface area contributed by atoms with E-state index in [1.165, 1.54) is 11.1 Å². The van der Waals surface area contributed by atoms with Crippen LogP contribution in [0.3, 0.4) is 0 Å². The van der Waals surface area contributed by atoms with Gasteiger partial charge in [-0.2, -0.15) is 0 Å². The van der Waals surface area contributed by atoms with Crippen molar-refractivity contribution in [2.75, 3.05) is 0 Å². The zero-order valence-corrected chi connectivity index (χ0v) is 11.1. The van der Waals surface area contributed by atoms with Crippen molar-refractivity contribution in [2.45, 2.75) is 19.3 Å². The molecule has 2 aromatic carbocycles. The van der Waals surface area contributed by atoms with Gasteiger partial charge in [-0.25, -0.2) is 4.79 Å². The third-order valence-electron chi connectivity index (χ3n) is 3.17. The van der Waals surface area contributed by atoms with Crippen LogP contribution in [0.25, 0.3) is 0 Å². The van der Waals surface area contributed by atoms with Crippen LogP contribution in [-0.2, 0) is 28.9 Å². The van der Waals surface area contributed by atoms with E-state index in [9.17, 15) is 9.59 Å². The number of carboxylic acid groups (broad SMARTS) is 1. The minimum absolute atomic E-state index is 0.0473. The van der Waals surface area contributed by atoms with E-state index in [4.69, 9.17) is 5.11 Å². The predicted molar refractivity (Wildman–Crippen MR) is 76.6 cm³/mol. The van der Waals surface area contributed by atoms with Crippen molar-refractivity contribution in [3.63, 3.8) is 0 Å². The van der Waals surface area contributed by atoms with Crippen LogP contribution in [0, 0.1) is 0 Å². The fourth-order valence-corrected chi connectivity index (χ4v) is 2.02. The maximum absolute atomic E-state index is 11.1. The van der Waals surface area contributed by atoms with Crippen LogP contribution >= 0.6 is 0 Å². The highest BCUT2D eigenvalue weighted by Gasteiger charge is 2.11. The molecule has 0 aromatic heterocycles. The second-order valence-electron chi connectivity index (χ2n) is 4.71. The average molecular weight is 268 g/mol. The summed E-state index contributed by atoms with van der Waals surface area (Å²) in [6, 6.07) is 17.8. The number of ketones is 1. The number of hydrogen-bond donors (Lipinski definition) is 1. The van der Waals surface area contributed by atoms with E-state index in [0.717, 1.165) is 18.4 Å². The highest BCUT2D eigenvalue weighted by Crippen LogP contribution is 2.10. The van der Waals surface area contributed by atoms with Gasteiger partial charge >= 0.3 is 5.97 Å². The predicted octanol–water partition coefficient (Wildman–Crippen LogP) is 2.67. The third kappa shape index (κ3) is 4.05. The van der Waals surface area contributed by atoms with E-state index in [-0.39, 0.29) is 6.42 Å². The number of aryl methyl sites for hydroxylation is 2. The highest BCUT2D eigenvalue weighted by atomic mass is 16.4. The smallest absolute Gasteiger partial charge is 0.372 e. The summed E-state index contributed by atoms with van der Waals surface area (Å²) in [5.74, 6) is -2.15. The van der Waals surface area contributed by atoms with Crippen LogP contribution in [0.1, 0.15) is 16.7 Å². The Hall–Kier alpha value is -2.42. The molecule has 3 heteroatoms. The lowest BCUT2D eigenvalue weighted by Crippen LogP contribution is -2.14. The van der Waals surface area contributed by atoms with Gasteiger partial charge in [0.1, 0.15) is 0 Å². The van der Waals surface area contributed by atoms with Crippen molar-refractivity contribution in [3.8, 4) is 0 Å². The first-order valence-electron chi connectivity index (χ1n) is 6.53. The Morgan fingerprint density at radius 1 is 0.750 bits per heavy atom. The van der Waals surface area contributed by atoms with Gasteiger partial charge in [0.2, 0.25) is 5.78 Å². The topological polar surface area (TPSA) is 54.4 Å².